The third-order valence-electron chi connectivity index (χ3n) is 8.40. The van der Waals surface area contributed by atoms with Crippen LogP contribution in [0.15, 0.2) is 47.5 Å². The summed E-state index contributed by atoms with van der Waals surface area (Å²) in [6.07, 6.45) is 6.98. The van der Waals surface area contributed by atoms with Crippen LogP contribution in [-0.2, 0) is 11.3 Å². The van der Waals surface area contributed by atoms with Crippen molar-refractivity contribution in [2.24, 2.45) is 17.8 Å². The second-order valence-corrected chi connectivity index (χ2v) is 11.6. The van der Waals surface area contributed by atoms with Crippen LogP contribution < -0.4 is 21.5 Å². The highest BCUT2D eigenvalue weighted by atomic mass is 19.1. The summed E-state index contributed by atoms with van der Waals surface area (Å²) in [5, 5.41) is 13.7. The van der Waals surface area contributed by atoms with Crippen molar-refractivity contribution < 1.29 is 19.7 Å². The molecule has 42 heavy (non-hydrogen) atoms. The Labute approximate surface area is 251 Å². The third kappa shape index (κ3) is 6.33. The van der Waals surface area contributed by atoms with Crippen LogP contribution in [0.2, 0.25) is 0 Å². The molecule has 9 nitrogen and oxygen atoms in total. The van der Waals surface area contributed by atoms with Gasteiger partial charge in [-0.1, -0.05) is 19.9 Å². The molecule has 0 bridgehead atoms. The first-order valence-electron chi connectivity index (χ1n) is 15.2. The number of rotatable bonds is 9. The summed E-state index contributed by atoms with van der Waals surface area (Å²) < 4.78 is 15.6. The van der Waals surface area contributed by atoms with Gasteiger partial charge in [0.15, 0.2) is 0 Å². The van der Waals surface area contributed by atoms with Gasteiger partial charge in [0.1, 0.15) is 17.6 Å². The van der Waals surface area contributed by atoms with Crippen LogP contribution in [0.5, 0.6) is 0 Å². The zero-order chi connectivity index (χ0) is 30.0. The van der Waals surface area contributed by atoms with Crippen LogP contribution in [0, 0.1) is 23.6 Å². The number of benzene rings is 1. The number of amides is 2. The minimum Gasteiger partial charge on any atom is -0.339 e. The molecule has 3 aromatic rings. The number of hydrogen-bond acceptors (Lipinski definition) is 5. The van der Waals surface area contributed by atoms with Gasteiger partial charge in [-0.05, 0) is 92.7 Å². The fraction of sp³-hybridized carbons (Fsp3) is 0.500. The molecule has 6 rings (SSSR count). The first-order valence-corrected chi connectivity index (χ1v) is 15.2. The fourth-order valence-electron chi connectivity index (χ4n) is 6.22. The molecule has 1 unspecified atom stereocenters. The van der Waals surface area contributed by atoms with E-state index in [0.29, 0.717) is 41.9 Å². The van der Waals surface area contributed by atoms with Crippen LogP contribution in [0.25, 0.3) is 0 Å². The van der Waals surface area contributed by atoms with Crippen molar-refractivity contribution in [3.8, 4) is 0 Å². The lowest BCUT2D eigenvalue weighted by Gasteiger charge is -2.29. The van der Waals surface area contributed by atoms with Crippen molar-refractivity contribution in [1.29, 1.82) is 0 Å². The topological polar surface area (TPSA) is 121 Å². The number of aromatic amines is 1. The van der Waals surface area contributed by atoms with Crippen molar-refractivity contribution in [2.45, 2.75) is 77.9 Å². The minimum atomic E-state index is -0.657. The van der Waals surface area contributed by atoms with E-state index in [9.17, 15) is 18.8 Å². The quantitative estimate of drug-likeness (QED) is 0.257. The van der Waals surface area contributed by atoms with Crippen LogP contribution in [0.1, 0.15) is 98.2 Å². The Hall–Kier alpha value is -3.79. The number of halogens is 1. The number of fused-ring (bicyclic) bond motifs is 1. The van der Waals surface area contributed by atoms with E-state index in [2.05, 4.69) is 26.0 Å². The highest BCUT2D eigenvalue weighted by molar-refractivity contribution is 6.01. The molecule has 2 atom stereocenters. The first-order chi connectivity index (χ1) is 20.3. The summed E-state index contributed by atoms with van der Waals surface area (Å²) >= 11 is 0. The van der Waals surface area contributed by atoms with Crippen LogP contribution in [-0.4, -0.2) is 39.2 Å². The molecule has 0 saturated heterocycles. The summed E-state index contributed by atoms with van der Waals surface area (Å²) in [6.45, 7) is 9.00. The number of pyridine rings is 1. The maximum atomic E-state index is 13.9. The molecular weight excluding hydrogens is 535 g/mol. The largest absolute Gasteiger partial charge is 0.339 e. The maximum Gasteiger partial charge on any atom is 0.270 e. The summed E-state index contributed by atoms with van der Waals surface area (Å²) in [5.41, 5.74) is 2.97. The minimum absolute atomic E-state index is 0. The highest BCUT2D eigenvalue weighted by Gasteiger charge is 2.48. The van der Waals surface area contributed by atoms with E-state index in [-0.39, 0.29) is 41.0 Å². The molecule has 2 aromatic heterocycles. The van der Waals surface area contributed by atoms with Crippen LogP contribution in [0.4, 0.5) is 10.1 Å². The number of H-pyrrole nitrogens is 1. The second kappa shape index (κ2) is 12.6. The average molecular weight is 585 g/mol. The molecule has 0 radical (unpaired) electrons. The highest BCUT2D eigenvalue weighted by Crippen LogP contribution is 2.51. The molecule has 3 aliphatic rings. The van der Waals surface area contributed by atoms with E-state index >= 15 is 0 Å². The van der Waals surface area contributed by atoms with E-state index in [0.717, 1.165) is 43.0 Å². The lowest BCUT2D eigenvalue weighted by molar-refractivity contribution is -0.119. The molecule has 3 heterocycles. The predicted octanol–water partition coefficient (Wildman–Crippen LogP) is 5.71. The Bertz CT molecular complexity index is 1500. The number of carbonyl (C=O) groups excluding carboxylic acids is 2. The van der Waals surface area contributed by atoms with E-state index in [1.807, 2.05) is 45.9 Å². The Kier molecular flexibility index (Phi) is 8.91. The van der Waals surface area contributed by atoms with E-state index in [1.54, 1.807) is 16.9 Å². The Morgan fingerprint density at radius 2 is 1.79 bits per heavy atom. The van der Waals surface area contributed by atoms with E-state index in [1.165, 1.54) is 6.07 Å². The van der Waals surface area contributed by atoms with Gasteiger partial charge in [-0.3, -0.25) is 19.1 Å². The molecular formula is C32H49FN6O3. The van der Waals surface area contributed by atoms with E-state index < -0.39 is 11.9 Å². The van der Waals surface area contributed by atoms with Crippen molar-refractivity contribution in [2.75, 3.05) is 11.9 Å². The van der Waals surface area contributed by atoms with Gasteiger partial charge in [-0.15, -0.1) is 0 Å². The molecule has 1 aromatic carbocycles. The molecule has 232 valence electrons. The van der Waals surface area contributed by atoms with Gasteiger partial charge >= 0.3 is 0 Å². The Morgan fingerprint density at radius 1 is 1.07 bits per heavy atom. The third-order valence-corrected chi connectivity index (χ3v) is 8.40. The van der Waals surface area contributed by atoms with Crippen molar-refractivity contribution in [3.05, 3.63) is 81.3 Å². The average Bonchev–Trinajstić information content (AvgIpc) is 3.93. The first kappa shape index (κ1) is 29.7. The van der Waals surface area contributed by atoms with E-state index in [4.69, 9.17) is 0 Å². The van der Waals surface area contributed by atoms with Gasteiger partial charge < -0.3 is 20.9 Å². The SMILES string of the molecule is CC.CC(C)n1nccc1C(=O)N[C@H](C(=O)Nc1ccc2c(c1)CNCC2c1cc(F)c[nH]c1=O)C(C1CC1)C1CC1.[HH].[HH].[HH].[HH]. The monoisotopic (exact) mass is 584 g/mol. The second-order valence-electron chi connectivity index (χ2n) is 11.6. The molecule has 0 spiro atoms. The number of nitrogens with one attached hydrogen (secondary N) is 4. The van der Waals surface area contributed by atoms with Gasteiger partial charge in [0, 0.05) is 54.4 Å². The zero-order valence-electron chi connectivity index (χ0n) is 24.7. The number of nitrogens with zero attached hydrogens (tertiary/aromatic N) is 2. The van der Waals surface area contributed by atoms with Crippen LogP contribution >= 0.6 is 0 Å². The summed E-state index contributed by atoms with van der Waals surface area (Å²) in [4.78, 5) is 42.1. The van der Waals surface area contributed by atoms with Gasteiger partial charge in [0.2, 0.25) is 5.91 Å². The molecule has 10 heteroatoms. The normalized spacial score (nSPS) is 18.6. The van der Waals surface area contributed by atoms with Gasteiger partial charge in [-0.25, -0.2) is 4.39 Å². The molecule has 2 fully saturated rings. The van der Waals surface area contributed by atoms with Crippen molar-refractivity contribution in [1.82, 2.24) is 25.4 Å². The molecule has 4 N–H and O–H groups in total. The van der Waals surface area contributed by atoms with Crippen LogP contribution in [0.3, 0.4) is 0 Å². The van der Waals surface area contributed by atoms with Crippen molar-refractivity contribution in [3.63, 3.8) is 0 Å². The summed E-state index contributed by atoms with van der Waals surface area (Å²) in [7, 11) is 0. The fourth-order valence-corrected chi connectivity index (χ4v) is 6.22. The molecule has 2 amide bonds. The molecule has 1 aliphatic heterocycles. The molecule has 2 saturated carbocycles. The Balaban J connectivity index is 0.00000173. The van der Waals surface area contributed by atoms with Gasteiger partial charge in [-0.2, -0.15) is 5.10 Å². The lowest BCUT2D eigenvalue weighted by atomic mass is 9.85. The number of aromatic nitrogens is 3. The maximum absolute atomic E-state index is 13.9. The predicted molar refractivity (Wildman–Crippen MR) is 168 cm³/mol. The number of hydrogen-bond donors (Lipinski definition) is 4. The van der Waals surface area contributed by atoms with Gasteiger partial charge in [0.25, 0.3) is 11.5 Å². The zero-order valence-corrected chi connectivity index (χ0v) is 24.7. The number of anilines is 1. The Morgan fingerprint density at radius 3 is 2.45 bits per heavy atom. The molecule has 2 aliphatic carbocycles. The lowest BCUT2D eigenvalue weighted by Crippen LogP contribution is -2.50. The van der Waals surface area contributed by atoms with Crippen molar-refractivity contribution >= 4 is 17.5 Å². The summed E-state index contributed by atoms with van der Waals surface area (Å²) in [6, 6.07) is 7.94. The number of carbonyl (C=O) groups is 2. The standard InChI is InChI=1S/C30H35FN6O3.C2H6.4H2/c1-16(2)37-25(9-10-34-37)29(39)36-27(26(17-3-4-17)18-5-6-18)30(40)35-21-7-8-22-19(11-21)13-32-15-24(22)23-12-20(31)14-33-28(23)38;1-2;;;;/h7-12,14,16-18,24,26-27,32H,3-6,13,15H2,1-2H3,(H,33,38)(H,35,40)(H,36,39);1-2H3;4*1H/t24?,27-;;;;;/m0...../s1. The summed E-state index contributed by atoms with van der Waals surface area (Å²) in [5.74, 6) is -0.337. The van der Waals surface area contributed by atoms with Gasteiger partial charge in [0.05, 0.1) is 0 Å². The smallest absolute Gasteiger partial charge is 0.270 e.